The minimum Gasteiger partial charge on any atom is -0.462 e. The van der Waals surface area contributed by atoms with E-state index in [4.69, 9.17) is 16.0 Å². The van der Waals surface area contributed by atoms with Crippen molar-refractivity contribution in [1.82, 2.24) is 14.6 Å². The van der Waals surface area contributed by atoms with Gasteiger partial charge in [-0.1, -0.05) is 35.1 Å². The number of aromatic nitrogens is 3. The number of halogens is 1. The van der Waals surface area contributed by atoms with Crippen LogP contribution in [0.25, 0.3) is 22.4 Å². The van der Waals surface area contributed by atoms with Crippen LogP contribution in [-0.4, -0.2) is 14.6 Å². The molecule has 0 radical (unpaired) electrons. The second-order valence-electron chi connectivity index (χ2n) is 4.99. The second kappa shape index (κ2) is 5.33. The number of hydrogen-bond donors (Lipinski definition) is 0. The molecule has 0 saturated carbocycles. The van der Waals surface area contributed by atoms with E-state index in [9.17, 15) is 4.79 Å². The number of thiazole rings is 1. The summed E-state index contributed by atoms with van der Waals surface area (Å²) in [5.41, 5.74) is 0.496. The smallest absolute Gasteiger partial charge is 0.276 e. The largest absolute Gasteiger partial charge is 0.462 e. The van der Waals surface area contributed by atoms with Crippen molar-refractivity contribution in [2.75, 3.05) is 0 Å². The fourth-order valence-electron chi connectivity index (χ4n) is 2.34. The van der Waals surface area contributed by atoms with Gasteiger partial charge in [0.25, 0.3) is 5.56 Å². The summed E-state index contributed by atoms with van der Waals surface area (Å²) in [7, 11) is 0. The molecule has 4 rings (SSSR count). The van der Waals surface area contributed by atoms with Crippen molar-refractivity contribution >= 4 is 34.0 Å². The lowest BCUT2D eigenvalue weighted by molar-refractivity contribution is 0.525. The van der Waals surface area contributed by atoms with Gasteiger partial charge >= 0.3 is 0 Å². The molecule has 0 saturated heterocycles. The van der Waals surface area contributed by atoms with E-state index in [-0.39, 0.29) is 5.56 Å². The molecule has 0 bridgehead atoms. The lowest BCUT2D eigenvalue weighted by Gasteiger charge is -1.99. The van der Waals surface area contributed by atoms with Crippen LogP contribution in [0.15, 0.2) is 45.6 Å². The summed E-state index contributed by atoms with van der Waals surface area (Å²) in [5.74, 6) is 1.88. The Labute approximate surface area is 139 Å². The molecule has 0 N–H and O–H groups in total. The topological polar surface area (TPSA) is 60.4 Å². The average Bonchev–Trinajstić information content (AvgIpc) is 3.19. The Hall–Kier alpha value is -2.44. The van der Waals surface area contributed by atoms with Gasteiger partial charge in [0.05, 0.1) is 5.02 Å². The third-order valence-electron chi connectivity index (χ3n) is 3.40. The third kappa shape index (κ3) is 2.36. The maximum absolute atomic E-state index is 12.7. The summed E-state index contributed by atoms with van der Waals surface area (Å²) in [4.78, 5) is 13.2. The van der Waals surface area contributed by atoms with Crippen LogP contribution in [0.5, 0.6) is 0 Å². The first kappa shape index (κ1) is 14.2. The van der Waals surface area contributed by atoms with Crippen molar-refractivity contribution < 1.29 is 4.42 Å². The molecule has 0 aliphatic carbocycles. The van der Waals surface area contributed by atoms with Crippen LogP contribution in [0, 0.1) is 6.92 Å². The van der Waals surface area contributed by atoms with Gasteiger partial charge < -0.3 is 4.42 Å². The van der Waals surface area contributed by atoms with Gasteiger partial charge in [-0.2, -0.15) is 0 Å². The predicted octanol–water partition coefficient (Wildman–Crippen LogP) is 2.92. The minimum absolute atomic E-state index is 0.182. The van der Waals surface area contributed by atoms with Crippen LogP contribution in [0.4, 0.5) is 0 Å². The molecule has 0 aliphatic rings. The van der Waals surface area contributed by atoms with Gasteiger partial charge in [0.2, 0.25) is 4.96 Å². The number of furan rings is 1. The predicted molar refractivity (Wildman–Crippen MR) is 89.8 cm³/mol. The van der Waals surface area contributed by atoms with Crippen molar-refractivity contribution in [2.45, 2.75) is 6.92 Å². The highest BCUT2D eigenvalue weighted by atomic mass is 35.5. The monoisotopic (exact) mass is 343 g/mol. The molecule has 0 amide bonds. The molecule has 5 nitrogen and oxygen atoms in total. The molecule has 0 aliphatic heterocycles. The van der Waals surface area contributed by atoms with E-state index in [2.05, 4.69) is 10.2 Å². The van der Waals surface area contributed by atoms with Crippen LogP contribution < -0.4 is 10.1 Å². The fourth-order valence-corrected chi connectivity index (χ4v) is 3.45. The first-order chi connectivity index (χ1) is 11.1. The standard InChI is InChI=1S/C16H10ClN3O2S/c1-9-6-7-10(22-9)8-13-15(21)20-14(18-19-16(20)23-13)11-4-2-3-5-12(11)17/h2-8H,1H3. The molecule has 7 heteroatoms. The zero-order valence-electron chi connectivity index (χ0n) is 12.0. The van der Waals surface area contributed by atoms with Crippen molar-refractivity contribution in [3.63, 3.8) is 0 Å². The maximum Gasteiger partial charge on any atom is 0.276 e. The number of nitrogens with zero attached hydrogens (tertiary/aromatic N) is 3. The van der Waals surface area contributed by atoms with E-state index >= 15 is 0 Å². The molecule has 114 valence electrons. The molecular formula is C16H10ClN3O2S. The van der Waals surface area contributed by atoms with Crippen molar-refractivity contribution in [1.29, 1.82) is 0 Å². The fraction of sp³-hybridized carbons (Fsp3) is 0.0625. The maximum atomic E-state index is 12.7. The lowest BCUT2D eigenvalue weighted by atomic mass is 10.2. The summed E-state index contributed by atoms with van der Waals surface area (Å²) in [5, 5.41) is 8.72. The quantitative estimate of drug-likeness (QED) is 0.561. The van der Waals surface area contributed by atoms with Gasteiger partial charge in [0, 0.05) is 11.6 Å². The summed E-state index contributed by atoms with van der Waals surface area (Å²) >= 11 is 7.47. The zero-order chi connectivity index (χ0) is 16.0. The highest BCUT2D eigenvalue weighted by Crippen LogP contribution is 2.25. The molecule has 0 unspecified atom stereocenters. The van der Waals surface area contributed by atoms with E-state index in [0.29, 0.717) is 31.7 Å². The number of rotatable bonds is 2. The minimum atomic E-state index is -0.182. The lowest BCUT2D eigenvalue weighted by Crippen LogP contribution is -2.23. The molecule has 0 spiro atoms. The van der Waals surface area contributed by atoms with Gasteiger partial charge in [0.15, 0.2) is 5.82 Å². The molecule has 3 aromatic heterocycles. The Morgan fingerprint density at radius 3 is 2.78 bits per heavy atom. The average molecular weight is 344 g/mol. The Morgan fingerprint density at radius 2 is 2.04 bits per heavy atom. The zero-order valence-corrected chi connectivity index (χ0v) is 13.6. The second-order valence-corrected chi connectivity index (χ2v) is 6.40. The highest BCUT2D eigenvalue weighted by molar-refractivity contribution is 7.15. The first-order valence-corrected chi connectivity index (χ1v) is 8.04. The van der Waals surface area contributed by atoms with E-state index in [1.54, 1.807) is 12.1 Å². The molecule has 0 fully saturated rings. The van der Waals surface area contributed by atoms with E-state index in [0.717, 1.165) is 5.76 Å². The van der Waals surface area contributed by atoms with Crippen LogP contribution in [0.1, 0.15) is 11.5 Å². The normalized spacial score (nSPS) is 12.3. The molecular weight excluding hydrogens is 334 g/mol. The van der Waals surface area contributed by atoms with Gasteiger partial charge in [0.1, 0.15) is 16.1 Å². The summed E-state index contributed by atoms with van der Waals surface area (Å²) in [6.07, 6.45) is 1.71. The molecule has 23 heavy (non-hydrogen) atoms. The van der Waals surface area contributed by atoms with Crippen molar-refractivity contribution in [3.05, 3.63) is 67.8 Å². The third-order valence-corrected chi connectivity index (χ3v) is 4.69. The highest BCUT2D eigenvalue weighted by Gasteiger charge is 2.16. The first-order valence-electron chi connectivity index (χ1n) is 6.84. The molecule has 3 heterocycles. The Morgan fingerprint density at radius 1 is 1.22 bits per heavy atom. The Bertz CT molecular complexity index is 1130. The molecule has 4 aromatic rings. The van der Waals surface area contributed by atoms with Crippen LogP contribution in [0.3, 0.4) is 0 Å². The molecule has 1 aromatic carbocycles. The van der Waals surface area contributed by atoms with Gasteiger partial charge in [-0.25, -0.2) is 4.40 Å². The van der Waals surface area contributed by atoms with E-state index < -0.39 is 0 Å². The SMILES string of the molecule is Cc1ccc(C=c2sc3nnc(-c4ccccc4Cl)n3c2=O)o1. The van der Waals surface area contributed by atoms with Gasteiger partial charge in [-0.15, -0.1) is 10.2 Å². The van der Waals surface area contributed by atoms with Crippen molar-refractivity contribution in [2.24, 2.45) is 0 Å². The van der Waals surface area contributed by atoms with Gasteiger partial charge in [-0.3, -0.25) is 4.79 Å². The summed E-state index contributed by atoms with van der Waals surface area (Å²) < 4.78 is 7.51. The van der Waals surface area contributed by atoms with Crippen molar-refractivity contribution in [3.8, 4) is 11.4 Å². The number of aryl methyl sites for hydroxylation is 1. The van der Waals surface area contributed by atoms with Crippen LogP contribution >= 0.6 is 22.9 Å². The van der Waals surface area contributed by atoms with E-state index in [1.807, 2.05) is 37.3 Å². The van der Waals surface area contributed by atoms with Gasteiger partial charge in [-0.05, 0) is 31.2 Å². The number of fused-ring (bicyclic) bond motifs is 1. The van der Waals surface area contributed by atoms with Crippen LogP contribution in [0.2, 0.25) is 5.02 Å². The number of hydrogen-bond acceptors (Lipinski definition) is 5. The Balaban J connectivity index is 1.96. The van der Waals surface area contributed by atoms with Crippen LogP contribution in [-0.2, 0) is 0 Å². The summed E-state index contributed by atoms with van der Waals surface area (Å²) in [6, 6.07) is 10.9. The molecule has 0 atom stereocenters. The summed E-state index contributed by atoms with van der Waals surface area (Å²) in [6.45, 7) is 1.86. The Kier molecular flexibility index (Phi) is 3.28. The number of benzene rings is 1. The van der Waals surface area contributed by atoms with E-state index in [1.165, 1.54) is 15.7 Å².